The van der Waals surface area contributed by atoms with Crippen molar-refractivity contribution >= 4 is 25.8 Å². The zero-order chi connectivity index (χ0) is 10.9. The molecule has 0 heterocycles. The van der Waals surface area contributed by atoms with Crippen LogP contribution >= 0.6 is 15.9 Å². The molecule has 0 spiro atoms. The van der Waals surface area contributed by atoms with Crippen LogP contribution in [0.25, 0.3) is 0 Å². The van der Waals surface area contributed by atoms with Gasteiger partial charge in [0.25, 0.3) is 0 Å². The van der Waals surface area contributed by atoms with E-state index in [9.17, 15) is 8.42 Å². The van der Waals surface area contributed by atoms with Crippen molar-refractivity contribution in [1.29, 1.82) is 0 Å². The molecule has 1 fully saturated rings. The van der Waals surface area contributed by atoms with E-state index in [0.717, 1.165) is 25.7 Å². The highest BCUT2D eigenvalue weighted by molar-refractivity contribution is 9.10. The molecule has 15 heavy (non-hydrogen) atoms. The third-order valence-corrected chi connectivity index (χ3v) is 6.16. The normalized spacial score (nSPS) is 18.2. The number of hydrogen-bond donors (Lipinski definition) is 0. The standard InChI is InChI=1S/C11H13BrO2S/c12-10-7-3-4-8-11(10)15(13,14)9-5-1-2-6-9/h3-4,7-9H,1-2,5-6H2. The molecule has 0 N–H and O–H groups in total. The van der Waals surface area contributed by atoms with Crippen LogP contribution in [0.1, 0.15) is 25.7 Å². The maximum atomic E-state index is 12.2. The van der Waals surface area contributed by atoms with Crippen molar-refractivity contribution in [1.82, 2.24) is 0 Å². The van der Waals surface area contributed by atoms with Crippen LogP contribution in [0.4, 0.5) is 0 Å². The molecule has 0 radical (unpaired) electrons. The van der Waals surface area contributed by atoms with Gasteiger partial charge in [0, 0.05) is 4.47 Å². The first-order chi connectivity index (χ1) is 7.12. The molecule has 0 amide bonds. The molecule has 0 bridgehead atoms. The van der Waals surface area contributed by atoms with Gasteiger partial charge in [0.2, 0.25) is 0 Å². The first-order valence-electron chi connectivity index (χ1n) is 5.11. The molecule has 82 valence electrons. The highest BCUT2D eigenvalue weighted by atomic mass is 79.9. The van der Waals surface area contributed by atoms with E-state index in [0.29, 0.717) is 9.37 Å². The summed E-state index contributed by atoms with van der Waals surface area (Å²) in [5, 5.41) is -0.170. The van der Waals surface area contributed by atoms with Gasteiger partial charge < -0.3 is 0 Å². The van der Waals surface area contributed by atoms with Crippen LogP contribution in [0.3, 0.4) is 0 Å². The second kappa shape index (κ2) is 4.26. The Kier molecular flexibility index (Phi) is 3.16. The van der Waals surface area contributed by atoms with Crippen LogP contribution in [0.15, 0.2) is 33.6 Å². The van der Waals surface area contributed by atoms with Crippen molar-refractivity contribution in [3.05, 3.63) is 28.7 Å². The van der Waals surface area contributed by atoms with Gasteiger partial charge in [0.1, 0.15) is 0 Å². The average molecular weight is 289 g/mol. The third kappa shape index (κ3) is 2.11. The fourth-order valence-electron chi connectivity index (χ4n) is 2.05. The first-order valence-corrected chi connectivity index (χ1v) is 7.45. The smallest absolute Gasteiger partial charge is 0.182 e. The largest absolute Gasteiger partial charge is 0.223 e. The van der Waals surface area contributed by atoms with Gasteiger partial charge in [-0.25, -0.2) is 8.42 Å². The molecule has 1 aromatic rings. The molecule has 4 heteroatoms. The predicted octanol–water partition coefficient (Wildman–Crippen LogP) is 3.17. The van der Waals surface area contributed by atoms with Crippen molar-refractivity contribution in [2.75, 3.05) is 0 Å². The summed E-state index contributed by atoms with van der Waals surface area (Å²) in [6.07, 6.45) is 3.69. The minimum absolute atomic E-state index is 0.170. The molecule has 2 nitrogen and oxygen atoms in total. The van der Waals surface area contributed by atoms with Gasteiger partial charge in [-0.15, -0.1) is 0 Å². The van der Waals surface area contributed by atoms with Gasteiger partial charge in [-0.3, -0.25) is 0 Å². The van der Waals surface area contributed by atoms with Crippen molar-refractivity contribution < 1.29 is 8.42 Å². The summed E-state index contributed by atoms with van der Waals surface area (Å²) in [6.45, 7) is 0. The maximum Gasteiger partial charge on any atom is 0.182 e. The highest BCUT2D eigenvalue weighted by Crippen LogP contribution is 2.32. The lowest BCUT2D eigenvalue weighted by atomic mass is 10.4. The molecule has 1 saturated carbocycles. The van der Waals surface area contributed by atoms with E-state index in [-0.39, 0.29) is 5.25 Å². The summed E-state index contributed by atoms with van der Waals surface area (Å²) >= 11 is 3.30. The van der Waals surface area contributed by atoms with E-state index < -0.39 is 9.84 Å². The van der Waals surface area contributed by atoms with E-state index >= 15 is 0 Å². The third-order valence-electron chi connectivity index (χ3n) is 2.88. The van der Waals surface area contributed by atoms with Crippen LogP contribution in [0, 0.1) is 0 Å². The van der Waals surface area contributed by atoms with Crippen molar-refractivity contribution in [3.63, 3.8) is 0 Å². The van der Waals surface area contributed by atoms with E-state index in [4.69, 9.17) is 0 Å². The lowest BCUT2D eigenvalue weighted by Crippen LogP contribution is -2.18. The Bertz CT molecular complexity index is 447. The topological polar surface area (TPSA) is 34.1 Å². The molecule has 1 aromatic carbocycles. The van der Waals surface area contributed by atoms with Crippen LogP contribution in [0.5, 0.6) is 0 Å². The lowest BCUT2D eigenvalue weighted by Gasteiger charge is -2.12. The second-order valence-corrected chi connectivity index (χ2v) is 6.93. The maximum absolute atomic E-state index is 12.2. The van der Waals surface area contributed by atoms with Gasteiger partial charge in [-0.2, -0.15) is 0 Å². The fraction of sp³-hybridized carbons (Fsp3) is 0.455. The Balaban J connectivity index is 2.41. The van der Waals surface area contributed by atoms with E-state index in [1.165, 1.54) is 0 Å². The Morgan fingerprint density at radius 1 is 1.13 bits per heavy atom. The van der Waals surface area contributed by atoms with Crippen molar-refractivity contribution in [2.24, 2.45) is 0 Å². The summed E-state index contributed by atoms with van der Waals surface area (Å²) in [5.41, 5.74) is 0. The molecule has 1 aliphatic carbocycles. The van der Waals surface area contributed by atoms with E-state index in [1.807, 2.05) is 6.07 Å². The molecule has 1 aliphatic rings. The zero-order valence-electron chi connectivity index (χ0n) is 8.32. The Hall–Kier alpha value is -0.350. The number of rotatable bonds is 2. The Labute approximate surface area is 98.7 Å². The molecule has 0 unspecified atom stereocenters. The van der Waals surface area contributed by atoms with Crippen LogP contribution in [-0.2, 0) is 9.84 Å². The van der Waals surface area contributed by atoms with Crippen LogP contribution in [0.2, 0.25) is 0 Å². The summed E-state index contributed by atoms with van der Waals surface area (Å²) < 4.78 is 25.1. The van der Waals surface area contributed by atoms with E-state index in [2.05, 4.69) is 15.9 Å². The zero-order valence-corrected chi connectivity index (χ0v) is 10.7. The number of hydrogen-bond acceptors (Lipinski definition) is 2. The minimum atomic E-state index is -3.12. The molecular weight excluding hydrogens is 276 g/mol. The summed E-state index contributed by atoms with van der Waals surface area (Å²) in [4.78, 5) is 0.442. The monoisotopic (exact) mass is 288 g/mol. The average Bonchev–Trinajstić information content (AvgIpc) is 2.71. The summed E-state index contributed by atoms with van der Waals surface area (Å²) in [5.74, 6) is 0. The SMILES string of the molecule is O=S(=O)(c1ccccc1Br)C1CCCC1. The van der Waals surface area contributed by atoms with Gasteiger partial charge in [0.05, 0.1) is 10.1 Å². The molecule has 0 aliphatic heterocycles. The predicted molar refractivity (Wildman–Crippen MR) is 63.6 cm³/mol. The van der Waals surface area contributed by atoms with Crippen molar-refractivity contribution in [2.45, 2.75) is 35.8 Å². The molecule has 0 atom stereocenters. The van der Waals surface area contributed by atoms with Gasteiger partial charge >= 0.3 is 0 Å². The molecule has 0 aromatic heterocycles. The lowest BCUT2D eigenvalue weighted by molar-refractivity contribution is 0.579. The molecular formula is C11H13BrO2S. The highest BCUT2D eigenvalue weighted by Gasteiger charge is 2.31. The Morgan fingerprint density at radius 3 is 2.33 bits per heavy atom. The summed E-state index contributed by atoms with van der Waals surface area (Å²) in [6, 6.07) is 7.06. The summed E-state index contributed by atoms with van der Waals surface area (Å²) in [7, 11) is -3.12. The van der Waals surface area contributed by atoms with Crippen LogP contribution < -0.4 is 0 Å². The van der Waals surface area contributed by atoms with Crippen molar-refractivity contribution in [3.8, 4) is 0 Å². The quantitative estimate of drug-likeness (QED) is 0.838. The van der Waals surface area contributed by atoms with Gasteiger partial charge in [-0.05, 0) is 40.9 Å². The van der Waals surface area contributed by atoms with Gasteiger partial charge in [0.15, 0.2) is 9.84 Å². The first kappa shape index (κ1) is 11.1. The second-order valence-electron chi connectivity index (χ2n) is 3.88. The molecule has 0 saturated heterocycles. The fourth-order valence-corrected chi connectivity index (χ4v) is 4.94. The Morgan fingerprint density at radius 2 is 1.73 bits per heavy atom. The van der Waals surface area contributed by atoms with Gasteiger partial charge in [-0.1, -0.05) is 25.0 Å². The van der Waals surface area contributed by atoms with E-state index in [1.54, 1.807) is 18.2 Å². The number of benzene rings is 1. The minimum Gasteiger partial charge on any atom is -0.223 e. The molecule has 2 rings (SSSR count). The van der Waals surface area contributed by atoms with Crippen LogP contribution in [-0.4, -0.2) is 13.7 Å². The number of halogens is 1. The number of sulfone groups is 1.